The maximum absolute atomic E-state index is 4.94. The number of rotatable bonds is 24. The number of nitrogens with zero attached hydrogens (tertiary/aromatic N) is 2. The lowest BCUT2D eigenvalue weighted by Gasteiger charge is -2.35. The van der Waals surface area contributed by atoms with Crippen LogP contribution >= 0.6 is 0 Å². The SMILES string of the molecule is C=C(/C(=C\C(=C/C)N(c1ccc(-c2ccccc2)cc1)C(CC)CCCC(C)c1ccccc1)c1ccccc1)c1ccc(C2=CCC3C(=C2)C(C)(C)c2c(-c4ccc(-c5ccc(N(c6ccc(-c7ccccc7)cc6)c6ccc(-c7cccc(C8=CC=C9c%10ccccc%10C(C)(C)C9C8)c7)c(-c7ccccc7)c6)cc5)cc4)cccc23)cc1. The molecule has 0 saturated carbocycles. The van der Waals surface area contributed by atoms with E-state index < -0.39 is 0 Å². The van der Waals surface area contributed by atoms with E-state index in [9.17, 15) is 0 Å². The minimum Gasteiger partial charge on any atom is -0.339 e. The van der Waals surface area contributed by atoms with Crippen LogP contribution < -0.4 is 9.80 Å². The molecule has 4 unspecified atom stereocenters. The number of benzene rings is 14. The number of hydrogen-bond donors (Lipinski definition) is 0. The average Bonchev–Trinajstić information content (AvgIpc) is 1.58. The van der Waals surface area contributed by atoms with Crippen LogP contribution in [0.2, 0.25) is 0 Å². The van der Waals surface area contributed by atoms with Crippen LogP contribution in [-0.2, 0) is 10.8 Å². The van der Waals surface area contributed by atoms with Gasteiger partial charge in [-0.25, -0.2) is 0 Å². The van der Waals surface area contributed by atoms with E-state index in [1.54, 1.807) is 0 Å². The van der Waals surface area contributed by atoms with E-state index >= 15 is 0 Å². The van der Waals surface area contributed by atoms with Crippen LogP contribution in [0.15, 0.2) is 412 Å². The van der Waals surface area contributed by atoms with Crippen molar-refractivity contribution in [3.8, 4) is 66.8 Å². The Morgan fingerprint density at radius 1 is 0.445 bits per heavy atom. The van der Waals surface area contributed by atoms with Crippen molar-refractivity contribution in [2.45, 2.75) is 116 Å². The van der Waals surface area contributed by atoms with E-state index in [2.05, 4.69) is 453 Å². The second-order valence-corrected chi connectivity index (χ2v) is 34.1. The zero-order chi connectivity index (χ0) is 81.1. The van der Waals surface area contributed by atoms with Gasteiger partial charge in [-0.2, -0.15) is 0 Å². The molecule has 0 radical (unpaired) electrons. The predicted molar refractivity (Wildman–Crippen MR) is 509 cm³/mol. The van der Waals surface area contributed by atoms with Crippen LogP contribution in [0.5, 0.6) is 0 Å². The average molecular weight is 1540 g/mol. The van der Waals surface area contributed by atoms with Gasteiger partial charge in [-0.1, -0.05) is 394 Å². The fourth-order valence-corrected chi connectivity index (χ4v) is 19.8. The van der Waals surface area contributed by atoms with Crippen molar-refractivity contribution in [2.75, 3.05) is 9.80 Å². The molecule has 4 aliphatic rings. The fourth-order valence-electron chi connectivity index (χ4n) is 19.8. The summed E-state index contributed by atoms with van der Waals surface area (Å²) in [5.74, 6) is 1.23. The second-order valence-electron chi connectivity index (χ2n) is 34.1. The summed E-state index contributed by atoms with van der Waals surface area (Å²) in [6.07, 6.45) is 20.8. The van der Waals surface area contributed by atoms with Gasteiger partial charge in [0.1, 0.15) is 0 Å². The van der Waals surface area contributed by atoms with Crippen molar-refractivity contribution < 1.29 is 0 Å². The Morgan fingerprint density at radius 2 is 0.950 bits per heavy atom. The van der Waals surface area contributed by atoms with Gasteiger partial charge in [0, 0.05) is 45.8 Å². The zero-order valence-corrected chi connectivity index (χ0v) is 69.7. The third kappa shape index (κ3) is 15.3. The normalized spacial score (nSPS) is 16.2. The summed E-state index contributed by atoms with van der Waals surface area (Å²) < 4.78 is 0. The van der Waals surface area contributed by atoms with E-state index in [1.807, 2.05) is 0 Å². The molecule has 582 valence electrons. The first-order chi connectivity index (χ1) is 58.3. The molecule has 0 aromatic heterocycles. The summed E-state index contributed by atoms with van der Waals surface area (Å²) >= 11 is 0. The van der Waals surface area contributed by atoms with E-state index in [0.717, 1.165) is 83.6 Å². The molecule has 18 rings (SSSR count). The minimum atomic E-state index is -0.203. The lowest BCUT2D eigenvalue weighted by molar-refractivity contribution is 0.418. The zero-order valence-electron chi connectivity index (χ0n) is 69.7. The van der Waals surface area contributed by atoms with E-state index in [0.29, 0.717) is 17.8 Å². The van der Waals surface area contributed by atoms with Crippen molar-refractivity contribution in [1.29, 1.82) is 0 Å². The van der Waals surface area contributed by atoms with Crippen molar-refractivity contribution in [2.24, 2.45) is 5.92 Å². The molecule has 2 heteroatoms. The molecular weight excluding hydrogens is 1430 g/mol. The minimum absolute atomic E-state index is 0.0531. The van der Waals surface area contributed by atoms with Gasteiger partial charge in [-0.05, 0) is 262 Å². The lowest BCUT2D eigenvalue weighted by Crippen LogP contribution is -2.34. The van der Waals surface area contributed by atoms with Crippen LogP contribution in [0.25, 0.3) is 94.6 Å². The molecule has 14 aromatic rings. The Kier molecular flexibility index (Phi) is 21.7. The number of hydrogen-bond acceptors (Lipinski definition) is 2. The first-order valence-electron chi connectivity index (χ1n) is 43.0. The van der Waals surface area contributed by atoms with Gasteiger partial charge in [0.05, 0.1) is 0 Å². The first kappa shape index (κ1) is 77.1. The van der Waals surface area contributed by atoms with E-state index in [1.165, 1.54) is 134 Å². The van der Waals surface area contributed by atoms with Crippen molar-refractivity contribution >= 4 is 50.6 Å². The summed E-state index contributed by atoms with van der Waals surface area (Å²) in [5, 5.41) is 0. The lowest BCUT2D eigenvalue weighted by atomic mass is 9.72. The third-order valence-electron chi connectivity index (χ3n) is 26.4. The Labute approximate surface area is 706 Å². The molecule has 0 saturated heterocycles. The molecule has 0 aliphatic heterocycles. The number of allylic oxidation sites excluding steroid dienone is 12. The van der Waals surface area contributed by atoms with Crippen molar-refractivity contribution in [1.82, 2.24) is 0 Å². The molecule has 0 bridgehead atoms. The molecule has 119 heavy (non-hydrogen) atoms. The molecule has 14 aromatic carbocycles. The standard InChI is InChI=1S/C117H104N2/c1-9-98(44-28-31-80(3)82-32-16-11-17-33-82)118(100-65-57-87(58-66-100)84-34-18-12-19-35-84)99(10-2)78-110(91-38-22-14-23-39-91)81(4)83-49-51-90(52-50-83)95-63-73-108-109-47-30-46-105(115(109)117(7,8)114(108)76-95)93-55-53-86(54-56-93)89-61-69-102(70-62-89)119(101-67-59-88(60-68-101)85-36-20-13-21-37-85)103-71-74-104(111(79-103)92-40-24-15-25-41-92)97-43-29-42-94(75-97)96-64-72-107-106-45-26-27-48-112(106)116(5,6)113(107)77-96/h10-27,29-30,32-43,45-72,74-76,78-80,98,108,113H,4,9,28,31,44,73,77H2,1-3,5-8H3/b99-10+,110-78+. The molecule has 0 amide bonds. The second kappa shape index (κ2) is 33.5. The molecule has 0 spiro atoms. The smallest absolute Gasteiger partial charge is 0.0468 e. The first-order valence-corrected chi connectivity index (χ1v) is 43.0. The van der Waals surface area contributed by atoms with E-state index in [-0.39, 0.29) is 16.9 Å². The summed E-state index contributed by atoms with van der Waals surface area (Å²) in [6.45, 7) is 21.6. The molecule has 4 atom stereocenters. The Balaban J connectivity index is 0.604. The van der Waals surface area contributed by atoms with Crippen molar-refractivity contribution in [3.63, 3.8) is 0 Å². The van der Waals surface area contributed by atoms with Gasteiger partial charge >= 0.3 is 0 Å². The van der Waals surface area contributed by atoms with Crippen LogP contribution in [0.4, 0.5) is 22.7 Å². The summed E-state index contributed by atoms with van der Waals surface area (Å²) in [4.78, 5) is 5.03. The largest absolute Gasteiger partial charge is 0.339 e. The van der Waals surface area contributed by atoms with Gasteiger partial charge < -0.3 is 9.80 Å². The highest BCUT2D eigenvalue weighted by Crippen LogP contribution is 2.58. The monoisotopic (exact) mass is 1540 g/mol. The van der Waals surface area contributed by atoms with Gasteiger partial charge in [-0.3, -0.25) is 0 Å². The van der Waals surface area contributed by atoms with Crippen molar-refractivity contribution in [3.05, 3.63) is 462 Å². The van der Waals surface area contributed by atoms with Gasteiger partial charge in [-0.15, -0.1) is 0 Å². The molecule has 0 heterocycles. The molecule has 0 N–H and O–H groups in total. The molecule has 0 fully saturated rings. The number of anilines is 4. The summed E-state index contributed by atoms with van der Waals surface area (Å²) in [7, 11) is 0. The highest BCUT2D eigenvalue weighted by molar-refractivity contribution is 6.05. The fraction of sp³-hybridized carbons (Fsp3) is 0.162. The Morgan fingerprint density at radius 3 is 1.57 bits per heavy atom. The summed E-state index contributed by atoms with van der Waals surface area (Å²) in [5.41, 5.74) is 39.6. The third-order valence-corrected chi connectivity index (χ3v) is 26.4. The van der Waals surface area contributed by atoms with Crippen LogP contribution in [0.3, 0.4) is 0 Å². The maximum atomic E-state index is 4.94. The van der Waals surface area contributed by atoms with Gasteiger partial charge in [0.15, 0.2) is 0 Å². The van der Waals surface area contributed by atoms with Gasteiger partial charge in [0.25, 0.3) is 0 Å². The van der Waals surface area contributed by atoms with Crippen LogP contribution in [0, 0.1) is 5.92 Å². The van der Waals surface area contributed by atoms with Crippen LogP contribution in [-0.4, -0.2) is 6.04 Å². The van der Waals surface area contributed by atoms with E-state index in [4.69, 9.17) is 6.58 Å². The highest BCUT2D eigenvalue weighted by atomic mass is 15.2. The maximum Gasteiger partial charge on any atom is 0.0468 e. The quantitative estimate of drug-likeness (QED) is 0.0557. The van der Waals surface area contributed by atoms with Gasteiger partial charge in [0.2, 0.25) is 0 Å². The topological polar surface area (TPSA) is 6.48 Å². The molecular formula is C117H104N2. The Hall–Kier alpha value is -13.1. The highest BCUT2D eigenvalue weighted by Gasteiger charge is 2.45. The van der Waals surface area contributed by atoms with Crippen LogP contribution in [0.1, 0.15) is 149 Å². The molecule has 4 aliphatic carbocycles. The molecule has 2 nitrogen and oxygen atoms in total. The number of fused-ring (bicyclic) bond motifs is 6. The summed E-state index contributed by atoms with van der Waals surface area (Å²) in [6, 6.07) is 133. The Bertz CT molecular complexity index is 6210. The predicted octanol–water partition coefficient (Wildman–Crippen LogP) is 32.0.